The Bertz CT molecular complexity index is 1810. The second-order valence-electron chi connectivity index (χ2n) is 7.81. The predicted molar refractivity (Wildman–Crippen MR) is 135 cm³/mol. The lowest BCUT2D eigenvalue weighted by molar-refractivity contribution is 0.431. The van der Waals surface area contributed by atoms with Crippen LogP contribution in [0.5, 0.6) is 0 Å². The van der Waals surface area contributed by atoms with Crippen molar-refractivity contribution >= 4 is 0 Å². The third-order valence-electron chi connectivity index (χ3n) is 5.15. The molecule has 0 aliphatic carbocycles. The molecule has 0 unspecified atom stereocenters. The van der Waals surface area contributed by atoms with E-state index in [0.717, 1.165) is 6.07 Å². The van der Waals surface area contributed by atoms with Crippen molar-refractivity contribution in [2.75, 3.05) is 0 Å². The lowest BCUT2D eigenvalue weighted by atomic mass is 10.1. The molecule has 186 valence electrons. The molecule has 0 atom stereocenters. The van der Waals surface area contributed by atoms with Crippen LogP contribution >= 0.6 is 0 Å². The standard InChI is InChI=1S/C14H7FN4O.C14H8N4O/c15-11-6-9(8-16)5-10(7-11)14-18-13(19-20-14)12-3-1-2-4-17-12;15-9-10-4-3-5-11(8-10)14-17-13(18-19-14)12-6-1-2-7-16-12/h1-7H;1-8H. The van der Waals surface area contributed by atoms with Crippen molar-refractivity contribution in [1.29, 1.82) is 10.5 Å². The second-order valence-corrected chi connectivity index (χ2v) is 7.81. The van der Waals surface area contributed by atoms with Gasteiger partial charge < -0.3 is 9.05 Å². The Kier molecular flexibility index (Phi) is 7.15. The van der Waals surface area contributed by atoms with Crippen molar-refractivity contribution in [2.24, 2.45) is 0 Å². The highest BCUT2D eigenvalue weighted by Crippen LogP contribution is 2.23. The summed E-state index contributed by atoms with van der Waals surface area (Å²) in [5.74, 6) is 0.720. The van der Waals surface area contributed by atoms with Crippen LogP contribution in [0.25, 0.3) is 45.9 Å². The zero-order valence-electron chi connectivity index (χ0n) is 19.9. The minimum Gasteiger partial charge on any atom is -0.334 e. The summed E-state index contributed by atoms with van der Waals surface area (Å²) in [5, 5.41) is 25.4. The molecule has 39 heavy (non-hydrogen) atoms. The third kappa shape index (κ3) is 5.85. The van der Waals surface area contributed by atoms with E-state index in [4.69, 9.17) is 19.6 Å². The summed E-state index contributed by atoms with van der Waals surface area (Å²) in [6.07, 6.45) is 3.28. The molecule has 0 spiro atoms. The summed E-state index contributed by atoms with van der Waals surface area (Å²) in [6, 6.07) is 25.6. The Morgan fingerprint density at radius 3 is 1.77 bits per heavy atom. The van der Waals surface area contributed by atoms with Gasteiger partial charge in [0.05, 0.1) is 23.3 Å². The highest BCUT2D eigenvalue weighted by Gasteiger charge is 2.13. The molecule has 0 bridgehead atoms. The van der Waals surface area contributed by atoms with E-state index in [1.165, 1.54) is 12.1 Å². The van der Waals surface area contributed by atoms with Gasteiger partial charge in [-0.15, -0.1) is 0 Å². The van der Waals surface area contributed by atoms with Crippen LogP contribution in [-0.2, 0) is 0 Å². The summed E-state index contributed by atoms with van der Waals surface area (Å²) in [4.78, 5) is 16.7. The van der Waals surface area contributed by atoms with Gasteiger partial charge in [-0.1, -0.05) is 28.5 Å². The number of benzene rings is 2. The largest absolute Gasteiger partial charge is 0.334 e. The number of hydrogen-bond acceptors (Lipinski definition) is 10. The number of nitriles is 2. The van der Waals surface area contributed by atoms with Crippen molar-refractivity contribution in [3.8, 4) is 58.1 Å². The van der Waals surface area contributed by atoms with Gasteiger partial charge in [-0.3, -0.25) is 9.97 Å². The predicted octanol–water partition coefficient (Wildman–Crippen LogP) is 5.48. The molecular weight excluding hydrogens is 499 g/mol. The summed E-state index contributed by atoms with van der Waals surface area (Å²) in [6.45, 7) is 0. The minimum atomic E-state index is -0.531. The lowest BCUT2D eigenvalue weighted by Crippen LogP contribution is -1.86. The third-order valence-corrected chi connectivity index (χ3v) is 5.15. The average Bonchev–Trinajstić information content (AvgIpc) is 3.69. The summed E-state index contributed by atoms with van der Waals surface area (Å²) >= 11 is 0. The van der Waals surface area contributed by atoms with E-state index in [9.17, 15) is 4.39 Å². The Balaban J connectivity index is 0.000000158. The first-order valence-electron chi connectivity index (χ1n) is 11.3. The van der Waals surface area contributed by atoms with E-state index < -0.39 is 5.82 Å². The van der Waals surface area contributed by atoms with Crippen molar-refractivity contribution in [3.05, 3.63) is 108 Å². The van der Waals surface area contributed by atoms with E-state index >= 15 is 0 Å². The molecule has 11 heteroatoms. The molecule has 6 rings (SSSR count). The molecule has 0 aliphatic heterocycles. The zero-order valence-corrected chi connectivity index (χ0v) is 19.9. The molecule has 10 nitrogen and oxygen atoms in total. The molecule has 0 fully saturated rings. The number of hydrogen-bond donors (Lipinski definition) is 0. The van der Waals surface area contributed by atoms with Crippen LogP contribution in [0.2, 0.25) is 0 Å². The SMILES string of the molecule is N#Cc1cc(F)cc(-c2nc(-c3ccccn3)no2)c1.N#Cc1cccc(-c2nc(-c3ccccn3)no2)c1. The Hall–Kier alpha value is -6.07. The molecule has 6 aromatic rings. The Morgan fingerprint density at radius 2 is 1.21 bits per heavy atom. The minimum absolute atomic E-state index is 0.140. The molecule has 0 amide bonds. The van der Waals surface area contributed by atoms with Crippen molar-refractivity contribution in [3.63, 3.8) is 0 Å². The molecule has 4 aromatic heterocycles. The summed E-state index contributed by atoms with van der Waals surface area (Å²) < 4.78 is 23.7. The van der Waals surface area contributed by atoms with Crippen LogP contribution in [0.15, 0.2) is 100 Å². The maximum absolute atomic E-state index is 13.4. The monoisotopic (exact) mass is 514 g/mol. The van der Waals surface area contributed by atoms with Gasteiger partial charge in [0.1, 0.15) is 17.2 Å². The maximum atomic E-state index is 13.4. The van der Waals surface area contributed by atoms with Gasteiger partial charge in [0, 0.05) is 23.5 Å². The van der Waals surface area contributed by atoms with Crippen LogP contribution < -0.4 is 0 Å². The molecule has 0 radical (unpaired) electrons. The number of pyridine rings is 2. The molecule has 0 N–H and O–H groups in total. The van der Waals surface area contributed by atoms with Crippen molar-refractivity contribution < 1.29 is 13.4 Å². The maximum Gasteiger partial charge on any atom is 0.258 e. The van der Waals surface area contributed by atoms with Crippen molar-refractivity contribution in [1.82, 2.24) is 30.2 Å². The highest BCUT2D eigenvalue weighted by molar-refractivity contribution is 5.60. The highest BCUT2D eigenvalue weighted by atomic mass is 19.1. The van der Waals surface area contributed by atoms with E-state index in [2.05, 4.69) is 36.3 Å². The van der Waals surface area contributed by atoms with E-state index in [-0.39, 0.29) is 11.5 Å². The molecule has 4 heterocycles. The van der Waals surface area contributed by atoms with Gasteiger partial charge in [-0.2, -0.15) is 20.5 Å². The van der Waals surface area contributed by atoms with Crippen LogP contribution in [0.4, 0.5) is 4.39 Å². The van der Waals surface area contributed by atoms with Crippen LogP contribution in [0, 0.1) is 28.5 Å². The number of aromatic nitrogens is 6. The second kappa shape index (κ2) is 11.3. The Labute approximate surface area is 220 Å². The smallest absolute Gasteiger partial charge is 0.258 e. The number of halogens is 1. The van der Waals surface area contributed by atoms with Crippen molar-refractivity contribution in [2.45, 2.75) is 0 Å². The number of nitrogens with zero attached hydrogens (tertiary/aromatic N) is 8. The molecule has 2 aromatic carbocycles. The summed E-state index contributed by atoms with van der Waals surface area (Å²) in [7, 11) is 0. The topological polar surface area (TPSA) is 151 Å². The fourth-order valence-corrected chi connectivity index (χ4v) is 3.38. The quantitative estimate of drug-likeness (QED) is 0.296. The molecule has 0 saturated carbocycles. The van der Waals surface area contributed by atoms with Gasteiger partial charge in [-0.05, 0) is 60.7 Å². The summed E-state index contributed by atoms with van der Waals surface area (Å²) in [5.41, 5.74) is 3.02. The first kappa shape index (κ1) is 24.6. The van der Waals surface area contributed by atoms with Gasteiger partial charge in [0.2, 0.25) is 11.6 Å². The van der Waals surface area contributed by atoms with E-state index in [1.54, 1.807) is 54.9 Å². The molecule has 0 saturated heterocycles. The first-order chi connectivity index (χ1) is 19.1. The van der Waals surface area contributed by atoms with Gasteiger partial charge in [0.25, 0.3) is 11.8 Å². The van der Waals surface area contributed by atoms with Crippen LogP contribution in [0.1, 0.15) is 11.1 Å². The Morgan fingerprint density at radius 1 is 0.615 bits per heavy atom. The van der Waals surface area contributed by atoms with E-state index in [1.807, 2.05) is 24.3 Å². The zero-order chi connectivity index (χ0) is 27.0. The van der Waals surface area contributed by atoms with E-state index in [0.29, 0.717) is 45.6 Å². The fraction of sp³-hybridized carbons (Fsp3) is 0. The molecular formula is C28H15FN8O2. The molecule has 0 aliphatic rings. The fourth-order valence-electron chi connectivity index (χ4n) is 3.38. The van der Waals surface area contributed by atoms with Gasteiger partial charge in [0.15, 0.2) is 0 Å². The lowest BCUT2D eigenvalue weighted by Gasteiger charge is -1.96. The first-order valence-corrected chi connectivity index (χ1v) is 11.3. The van der Waals surface area contributed by atoms with Crippen LogP contribution in [-0.4, -0.2) is 30.2 Å². The number of rotatable bonds is 4. The van der Waals surface area contributed by atoms with Gasteiger partial charge in [-0.25, -0.2) is 4.39 Å². The normalized spacial score (nSPS) is 10.1. The van der Waals surface area contributed by atoms with Gasteiger partial charge >= 0.3 is 0 Å². The average molecular weight is 514 g/mol. The van der Waals surface area contributed by atoms with Crippen LogP contribution in [0.3, 0.4) is 0 Å².